The fourth-order valence-corrected chi connectivity index (χ4v) is 2.49. The van der Waals surface area contributed by atoms with Gasteiger partial charge in [0, 0.05) is 0 Å². The fourth-order valence-electron chi connectivity index (χ4n) is 1.79. The lowest BCUT2D eigenvalue weighted by molar-refractivity contribution is 0.0663. The van der Waals surface area contributed by atoms with Crippen molar-refractivity contribution in [1.29, 1.82) is 0 Å². The van der Waals surface area contributed by atoms with Crippen LogP contribution < -0.4 is 4.74 Å². The number of carboxylic acids is 1. The molecule has 0 saturated heterocycles. The van der Waals surface area contributed by atoms with Crippen molar-refractivity contribution in [2.24, 2.45) is 0 Å². The molecular weight excluding hydrogens is 312 g/mol. The molecule has 0 aromatic heterocycles. The van der Waals surface area contributed by atoms with Gasteiger partial charge in [-0.2, -0.15) is 8.42 Å². The highest BCUT2D eigenvalue weighted by atomic mass is 32.2. The SMILES string of the molecule is O=C(Oc1ccccc1)c1cccc(S(=O)(=O)O)c1C(=O)O. The van der Waals surface area contributed by atoms with Crippen molar-refractivity contribution in [3.8, 4) is 5.75 Å². The van der Waals surface area contributed by atoms with Crippen LogP contribution in [0.3, 0.4) is 0 Å². The fraction of sp³-hybridized carbons (Fsp3) is 0. The molecule has 0 aliphatic heterocycles. The van der Waals surface area contributed by atoms with Gasteiger partial charge in [0.25, 0.3) is 10.1 Å². The van der Waals surface area contributed by atoms with E-state index in [0.717, 1.165) is 18.2 Å². The van der Waals surface area contributed by atoms with Gasteiger partial charge in [0.15, 0.2) is 0 Å². The topological polar surface area (TPSA) is 118 Å². The number of ether oxygens (including phenoxy) is 1. The summed E-state index contributed by atoms with van der Waals surface area (Å²) in [5, 5.41) is 9.14. The number of esters is 1. The van der Waals surface area contributed by atoms with E-state index in [1.54, 1.807) is 18.2 Å². The Labute approximate surface area is 125 Å². The predicted molar refractivity (Wildman–Crippen MR) is 74.6 cm³/mol. The minimum atomic E-state index is -4.80. The second-order valence-corrected chi connectivity index (χ2v) is 5.55. The monoisotopic (exact) mass is 322 g/mol. The predicted octanol–water partition coefficient (Wildman–Crippen LogP) is 1.85. The number of benzene rings is 2. The van der Waals surface area contributed by atoms with Crippen molar-refractivity contribution < 1.29 is 32.4 Å². The van der Waals surface area contributed by atoms with E-state index in [1.807, 2.05) is 0 Å². The zero-order valence-electron chi connectivity index (χ0n) is 11.0. The van der Waals surface area contributed by atoms with Gasteiger partial charge in [-0.1, -0.05) is 24.3 Å². The van der Waals surface area contributed by atoms with Gasteiger partial charge in [-0.05, 0) is 24.3 Å². The maximum absolute atomic E-state index is 12.1. The smallest absolute Gasteiger partial charge is 0.344 e. The lowest BCUT2D eigenvalue weighted by atomic mass is 10.1. The van der Waals surface area contributed by atoms with Crippen LogP contribution in [-0.4, -0.2) is 30.0 Å². The molecule has 0 bridgehead atoms. The number of hydrogen-bond acceptors (Lipinski definition) is 5. The lowest BCUT2D eigenvalue weighted by Gasteiger charge is -2.09. The summed E-state index contributed by atoms with van der Waals surface area (Å²) >= 11 is 0. The number of aromatic carboxylic acids is 1. The van der Waals surface area contributed by atoms with E-state index in [9.17, 15) is 18.0 Å². The zero-order valence-corrected chi connectivity index (χ0v) is 11.8. The van der Waals surface area contributed by atoms with Crippen LogP contribution in [0.25, 0.3) is 0 Å². The van der Waals surface area contributed by atoms with Crippen LogP contribution in [-0.2, 0) is 10.1 Å². The number of hydrogen-bond donors (Lipinski definition) is 2. The normalized spacial score (nSPS) is 11.0. The van der Waals surface area contributed by atoms with Crippen LogP contribution in [0, 0.1) is 0 Å². The Hall–Kier alpha value is -2.71. The van der Waals surface area contributed by atoms with Crippen LogP contribution in [0.4, 0.5) is 0 Å². The summed E-state index contributed by atoms with van der Waals surface area (Å²) in [4.78, 5) is 22.4. The largest absolute Gasteiger partial charge is 0.478 e. The number of para-hydroxylation sites is 1. The molecule has 0 heterocycles. The Balaban J connectivity index is 2.51. The summed E-state index contributed by atoms with van der Waals surface area (Å²) in [6.07, 6.45) is 0. The van der Waals surface area contributed by atoms with E-state index in [-0.39, 0.29) is 5.75 Å². The number of carbonyl (C=O) groups excluding carboxylic acids is 1. The molecule has 0 saturated carbocycles. The molecule has 0 atom stereocenters. The van der Waals surface area contributed by atoms with Crippen LogP contribution >= 0.6 is 0 Å². The van der Waals surface area contributed by atoms with Crippen molar-refractivity contribution in [1.82, 2.24) is 0 Å². The van der Waals surface area contributed by atoms with Crippen LogP contribution in [0.5, 0.6) is 5.75 Å². The highest BCUT2D eigenvalue weighted by molar-refractivity contribution is 7.86. The minimum absolute atomic E-state index is 0.168. The molecule has 0 unspecified atom stereocenters. The second-order valence-electron chi connectivity index (χ2n) is 4.16. The highest BCUT2D eigenvalue weighted by Crippen LogP contribution is 2.22. The molecule has 8 heteroatoms. The summed E-state index contributed by atoms with van der Waals surface area (Å²) in [7, 11) is -4.80. The van der Waals surface area contributed by atoms with Crippen LogP contribution in [0.1, 0.15) is 20.7 Å². The summed E-state index contributed by atoms with van der Waals surface area (Å²) < 4.78 is 36.5. The molecule has 22 heavy (non-hydrogen) atoms. The van der Waals surface area contributed by atoms with E-state index in [2.05, 4.69) is 0 Å². The molecular formula is C14H10O7S. The second kappa shape index (κ2) is 5.96. The molecule has 0 aliphatic rings. The first-order valence-corrected chi connectivity index (χ1v) is 7.35. The molecule has 0 spiro atoms. The zero-order chi connectivity index (χ0) is 16.3. The van der Waals surface area contributed by atoms with E-state index in [0.29, 0.717) is 0 Å². The van der Waals surface area contributed by atoms with Crippen molar-refractivity contribution in [2.75, 3.05) is 0 Å². The number of carbonyl (C=O) groups is 2. The average Bonchev–Trinajstić information content (AvgIpc) is 2.46. The molecule has 0 fully saturated rings. The average molecular weight is 322 g/mol. The molecule has 2 N–H and O–H groups in total. The Morgan fingerprint density at radius 3 is 2.14 bits per heavy atom. The molecule has 114 valence electrons. The van der Waals surface area contributed by atoms with Gasteiger partial charge >= 0.3 is 11.9 Å². The van der Waals surface area contributed by atoms with Crippen molar-refractivity contribution in [3.63, 3.8) is 0 Å². The van der Waals surface area contributed by atoms with Gasteiger partial charge in [-0.25, -0.2) is 9.59 Å². The number of rotatable bonds is 4. The first-order valence-electron chi connectivity index (χ1n) is 5.91. The molecule has 0 aliphatic carbocycles. The van der Waals surface area contributed by atoms with Gasteiger partial charge in [-0.15, -0.1) is 0 Å². The van der Waals surface area contributed by atoms with Crippen molar-refractivity contribution >= 4 is 22.1 Å². The van der Waals surface area contributed by atoms with Gasteiger partial charge in [0.2, 0.25) is 0 Å². The molecule has 0 radical (unpaired) electrons. The Morgan fingerprint density at radius 2 is 1.59 bits per heavy atom. The maximum Gasteiger partial charge on any atom is 0.344 e. The third-order valence-corrected chi connectivity index (χ3v) is 3.59. The van der Waals surface area contributed by atoms with Crippen molar-refractivity contribution in [2.45, 2.75) is 4.90 Å². The van der Waals surface area contributed by atoms with Crippen LogP contribution in [0.2, 0.25) is 0 Å². The molecule has 2 aromatic carbocycles. The van der Waals surface area contributed by atoms with Gasteiger partial charge < -0.3 is 9.84 Å². The molecule has 2 aromatic rings. The molecule has 2 rings (SSSR count). The van der Waals surface area contributed by atoms with Crippen LogP contribution in [0.15, 0.2) is 53.4 Å². The molecule has 0 amide bonds. The summed E-state index contributed by atoms with van der Waals surface area (Å²) in [6.45, 7) is 0. The molecule has 7 nitrogen and oxygen atoms in total. The first-order chi connectivity index (χ1) is 10.3. The van der Waals surface area contributed by atoms with Gasteiger partial charge in [-0.3, -0.25) is 4.55 Å². The highest BCUT2D eigenvalue weighted by Gasteiger charge is 2.27. The summed E-state index contributed by atoms with van der Waals surface area (Å²) in [5.74, 6) is -2.55. The van der Waals surface area contributed by atoms with E-state index in [1.165, 1.54) is 12.1 Å². The lowest BCUT2D eigenvalue weighted by Crippen LogP contribution is -2.17. The Kier molecular flexibility index (Phi) is 4.25. The Bertz CT molecular complexity index is 826. The summed E-state index contributed by atoms with van der Waals surface area (Å²) in [5.41, 5.74) is -1.32. The Morgan fingerprint density at radius 1 is 0.955 bits per heavy atom. The summed E-state index contributed by atoms with van der Waals surface area (Å²) in [6, 6.07) is 11.0. The standard InChI is InChI=1S/C14H10O7S/c15-13(16)12-10(7-4-8-11(12)22(18,19)20)14(17)21-9-5-2-1-3-6-9/h1-8H,(H,15,16)(H,18,19,20). The van der Waals surface area contributed by atoms with E-state index >= 15 is 0 Å². The minimum Gasteiger partial charge on any atom is -0.478 e. The van der Waals surface area contributed by atoms with Gasteiger partial charge in [0.05, 0.1) is 11.1 Å². The number of carboxylic acid groups (broad SMARTS) is 1. The van der Waals surface area contributed by atoms with Crippen molar-refractivity contribution in [3.05, 3.63) is 59.7 Å². The maximum atomic E-state index is 12.1. The van der Waals surface area contributed by atoms with E-state index < -0.39 is 38.1 Å². The van der Waals surface area contributed by atoms with Gasteiger partial charge in [0.1, 0.15) is 10.6 Å². The quantitative estimate of drug-likeness (QED) is 0.501. The third-order valence-electron chi connectivity index (χ3n) is 2.69. The van der Waals surface area contributed by atoms with E-state index in [4.69, 9.17) is 14.4 Å². The third kappa shape index (κ3) is 3.30. The first kappa shape index (κ1) is 15.7.